The van der Waals surface area contributed by atoms with Crippen LogP contribution in [0.5, 0.6) is 0 Å². The first-order valence-corrected chi connectivity index (χ1v) is 13.5. The van der Waals surface area contributed by atoms with Crippen molar-refractivity contribution >= 4 is 17.6 Å². The van der Waals surface area contributed by atoms with Crippen molar-refractivity contribution in [3.63, 3.8) is 0 Å². The van der Waals surface area contributed by atoms with E-state index in [0.717, 1.165) is 50.7 Å². The highest BCUT2D eigenvalue weighted by Crippen LogP contribution is 2.67. The number of nitrogens with one attached hydrogen (secondary N) is 1. The molecular formula is C29H42N2O6. The van der Waals surface area contributed by atoms with Gasteiger partial charge in [-0.3, -0.25) is 4.79 Å². The topological polar surface area (TPSA) is 128 Å². The summed E-state index contributed by atoms with van der Waals surface area (Å²) in [6, 6.07) is 0. The number of carbonyl (C=O) groups excluding carboxylic acids is 1. The van der Waals surface area contributed by atoms with Crippen molar-refractivity contribution < 1.29 is 29.7 Å². The Hall–Kier alpha value is -2.37. The highest BCUT2D eigenvalue weighted by Gasteiger charge is 2.63. The Labute approximate surface area is 219 Å². The van der Waals surface area contributed by atoms with Gasteiger partial charge in [-0.25, -0.2) is 4.79 Å². The molecule has 7 atom stereocenters. The number of rotatable bonds is 7. The first-order chi connectivity index (χ1) is 17.3. The molecule has 0 radical (unpaired) electrons. The molecule has 0 aromatic heterocycles. The number of terminal acetylenes is 1. The van der Waals surface area contributed by atoms with Gasteiger partial charge in [0.05, 0.1) is 5.71 Å². The highest BCUT2D eigenvalue weighted by molar-refractivity contribution is 5.96. The number of allylic oxidation sites excluding steroid dienone is 2. The summed E-state index contributed by atoms with van der Waals surface area (Å²) in [7, 11) is 0. The van der Waals surface area contributed by atoms with Gasteiger partial charge in [0.25, 0.3) is 5.91 Å². The van der Waals surface area contributed by atoms with Crippen molar-refractivity contribution in [2.24, 2.45) is 39.2 Å². The molecular weight excluding hydrogens is 472 g/mol. The van der Waals surface area contributed by atoms with Crippen molar-refractivity contribution in [2.45, 2.75) is 90.8 Å². The molecule has 8 nitrogen and oxygen atoms in total. The molecule has 0 heterocycles. The fourth-order valence-corrected chi connectivity index (χ4v) is 7.88. The summed E-state index contributed by atoms with van der Waals surface area (Å²) in [5.41, 5.74) is 0.152. The molecule has 4 aliphatic carbocycles. The van der Waals surface area contributed by atoms with Crippen LogP contribution in [0.1, 0.15) is 79.1 Å². The average molecular weight is 515 g/mol. The number of carboxylic acids is 1. The molecule has 37 heavy (non-hydrogen) atoms. The molecule has 3 saturated carbocycles. The number of oxime groups is 1. The second kappa shape index (κ2) is 9.74. The molecule has 204 valence electrons. The molecule has 3 fully saturated rings. The van der Waals surface area contributed by atoms with Crippen LogP contribution < -0.4 is 5.32 Å². The Kier molecular flexibility index (Phi) is 7.28. The fourth-order valence-electron chi connectivity index (χ4n) is 7.88. The second-order valence-electron chi connectivity index (χ2n) is 12.9. The molecule has 1 amide bonds. The van der Waals surface area contributed by atoms with Gasteiger partial charge in [0, 0.05) is 17.4 Å². The van der Waals surface area contributed by atoms with Crippen LogP contribution in [0.2, 0.25) is 0 Å². The van der Waals surface area contributed by atoms with Gasteiger partial charge in [0.2, 0.25) is 0 Å². The lowest BCUT2D eigenvalue weighted by Gasteiger charge is -2.58. The van der Waals surface area contributed by atoms with Crippen molar-refractivity contribution in [1.29, 1.82) is 0 Å². The summed E-state index contributed by atoms with van der Waals surface area (Å²) < 4.78 is 0. The zero-order chi connectivity index (χ0) is 27.2. The molecule has 4 rings (SSSR count). The lowest BCUT2D eigenvalue weighted by atomic mass is 9.46. The van der Waals surface area contributed by atoms with Crippen LogP contribution in [-0.2, 0) is 14.4 Å². The van der Waals surface area contributed by atoms with Gasteiger partial charge in [-0.1, -0.05) is 44.3 Å². The molecule has 8 heteroatoms. The molecule has 1 unspecified atom stereocenters. The smallest absolute Gasteiger partial charge is 0.333 e. The zero-order valence-corrected chi connectivity index (χ0v) is 22.5. The maximum atomic E-state index is 12.2. The molecule has 0 spiro atoms. The van der Waals surface area contributed by atoms with E-state index in [-0.39, 0.29) is 24.0 Å². The number of aliphatic carboxylic acids is 1. The third kappa shape index (κ3) is 4.70. The minimum Gasteiger partial charge on any atom is -0.479 e. The lowest BCUT2D eigenvalue weighted by Crippen LogP contribution is -2.54. The third-order valence-electron chi connectivity index (χ3n) is 10.5. The van der Waals surface area contributed by atoms with Gasteiger partial charge >= 0.3 is 5.97 Å². The van der Waals surface area contributed by atoms with Crippen molar-refractivity contribution in [1.82, 2.24) is 5.32 Å². The van der Waals surface area contributed by atoms with Crippen LogP contribution in [-0.4, -0.2) is 57.8 Å². The highest BCUT2D eigenvalue weighted by atomic mass is 16.6. The number of carboxylic acid groups (broad SMARTS) is 1. The van der Waals surface area contributed by atoms with Crippen molar-refractivity contribution in [3.05, 3.63) is 11.6 Å². The quantitative estimate of drug-likeness (QED) is 0.305. The molecule has 0 bridgehead atoms. The van der Waals surface area contributed by atoms with E-state index >= 15 is 0 Å². The first-order valence-electron chi connectivity index (χ1n) is 13.5. The molecule has 0 aromatic rings. The summed E-state index contributed by atoms with van der Waals surface area (Å²) in [6.07, 6.45) is 14.0. The first kappa shape index (κ1) is 27.7. The van der Waals surface area contributed by atoms with Gasteiger partial charge in [-0.2, -0.15) is 0 Å². The van der Waals surface area contributed by atoms with Crippen LogP contribution in [0.15, 0.2) is 16.8 Å². The van der Waals surface area contributed by atoms with E-state index in [1.54, 1.807) is 13.8 Å². The normalized spacial score (nSPS) is 38.9. The minimum absolute atomic E-state index is 0.00295. The molecule has 0 saturated heterocycles. The zero-order valence-electron chi connectivity index (χ0n) is 22.5. The van der Waals surface area contributed by atoms with E-state index in [1.807, 2.05) is 0 Å². The summed E-state index contributed by atoms with van der Waals surface area (Å²) in [5.74, 6) is 2.61. The standard InChI is InChI=1S/C29H42N2O6/c1-6-29(36)14-11-22-20-8-7-18-15-19(9-12-27(18,4)21(20)10-13-28(22,29)5)31-37-16-23(32)30-17-26(2,3)24(33)25(34)35/h1,15,20-22,24,33,36H,7-14,16-17H2,2-5H3,(H,30,32)(H,34,35)/b31-19-/t20-,21+,22+,24?,27+,28+,29-/m1/s1. The Balaban J connectivity index is 1.36. The number of carbonyl (C=O) groups is 2. The van der Waals surface area contributed by atoms with E-state index in [4.69, 9.17) is 16.4 Å². The van der Waals surface area contributed by atoms with Gasteiger partial charge in [0.15, 0.2) is 12.7 Å². The summed E-state index contributed by atoms with van der Waals surface area (Å²) in [5, 5.41) is 36.8. The molecule has 4 aliphatic rings. The van der Waals surface area contributed by atoms with Gasteiger partial charge < -0.3 is 25.5 Å². The van der Waals surface area contributed by atoms with Crippen molar-refractivity contribution in [2.75, 3.05) is 13.2 Å². The molecule has 0 aromatic carbocycles. The van der Waals surface area contributed by atoms with Gasteiger partial charge in [-0.15, -0.1) is 6.42 Å². The van der Waals surface area contributed by atoms with E-state index in [9.17, 15) is 19.8 Å². The Morgan fingerprint density at radius 2 is 1.92 bits per heavy atom. The predicted molar refractivity (Wildman–Crippen MR) is 139 cm³/mol. The van der Waals surface area contributed by atoms with Crippen LogP contribution in [0.4, 0.5) is 0 Å². The maximum Gasteiger partial charge on any atom is 0.333 e. The number of hydrogen-bond donors (Lipinski definition) is 4. The lowest BCUT2D eigenvalue weighted by molar-refractivity contribution is -0.153. The number of nitrogens with zero attached hydrogens (tertiary/aromatic N) is 1. The Morgan fingerprint density at radius 3 is 2.59 bits per heavy atom. The fraction of sp³-hybridized carbons (Fsp3) is 0.759. The number of hydrogen-bond acceptors (Lipinski definition) is 6. The van der Waals surface area contributed by atoms with E-state index in [1.165, 1.54) is 5.57 Å². The molecule has 0 aliphatic heterocycles. The average Bonchev–Trinajstić information content (AvgIpc) is 3.13. The van der Waals surface area contributed by atoms with E-state index in [2.05, 4.69) is 36.3 Å². The van der Waals surface area contributed by atoms with Crippen LogP contribution >= 0.6 is 0 Å². The largest absolute Gasteiger partial charge is 0.479 e. The van der Waals surface area contributed by atoms with Crippen molar-refractivity contribution in [3.8, 4) is 12.3 Å². The van der Waals surface area contributed by atoms with Crippen LogP contribution in [0, 0.1) is 46.3 Å². The third-order valence-corrected chi connectivity index (χ3v) is 10.5. The monoisotopic (exact) mass is 514 g/mol. The Bertz CT molecular complexity index is 1040. The number of amides is 1. The summed E-state index contributed by atoms with van der Waals surface area (Å²) in [6.45, 7) is 7.47. The van der Waals surface area contributed by atoms with Crippen LogP contribution in [0.3, 0.4) is 0 Å². The predicted octanol–water partition coefficient (Wildman–Crippen LogP) is 3.27. The second-order valence-corrected chi connectivity index (χ2v) is 12.9. The number of aliphatic hydroxyl groups is 2. The molecule has 4 N–H and O–H groups in total. The van der Waals surface area contributed by atoms with Crippen LogP contribution in [0.25, 0.3) is 0 Å². The van der Waals surface area contributed by atoms with Gasteiger partial charge in [-0.05, 0) is 80.6 Å². The number of fused-ring (bicyclic) bond motifs is 5. The minimum atomic E-state index is -1.58. The van der Waals surface area contributed by atoms with E-state index < -0.39 is 29.0 Å². The van der Waals surface area contributed by atoms with Gasteiger partial charge in [0.1, 0.15) is 5.60 Å². The summed E-state index contributed by atoms with van der Waals surface area (Å²) in [4.78, 5) is 28.5. The number of aliphatic hydroxyl groups excluding tert-OH is 1. The summed E-state index contributed by atoms with van der Waals surface area (Å²) >= 11 is 0. The van der Waals surface area contributed by atoms with E-state index in [0.29, 0.717) is 24.2 Å². The maximum absolute atomic E-state index is 12.2. The SMILES string of the molecule is C#C[C@@]1(O)CC[C@H]2[C@@H]3CCC4=C/C(=N\OCC(=O)NCC(C)(C)C(O)C(=O)O)CC[C@]4(C)[C@H]3CC[C@@]21C. The Morgan fingerprint density at radius 1 is 1.22 bits per heavy atom.